The molecule has 1 unspecified atom stereocenters. The molecule has 0 bridgehead atoms. The van der Waals surface area contributed by atoms with E-state index in [0.717, 1.165) is 5.69 Å². The number of fused-ring (bicyclic) bond motifs is 1. The fourth-order valence-corrected chi connectivity index (χ4v) is 6.37. The summed E-state index contributed by atoms with van der Waals surface area (Å²) in [4.78, 5) is 50.5. The molecule has 2 N–H and O–H groups in total. The summed E-state index contributed by atoms with van der Waals surface area (Å²) in [5, 5.41) is 19.6. The minimum atomic E-state index is -1.45. The molecule has 0 radical (unpaired) electrons. The number of carbonyl (C=O) groups is 3. The summed E-state index contributed by atoms with van der Waals surface area (Å²) in [7, 11) is 0. The molecule has 2 aromatic heterocycles. The van der Waals surface area contributed by atoms with Gasteiger partial charge in [0.25, 0.3) is 11.8 Å². The van der Waals surface area contributed by atoms with Crippen LogP contribution in [-0.4, -0.2) is 54.7 Å². The Labute approximate surface area is 206 Å². The lowest BCUT2D eigenvalue weighted by Crippen LogP contribution is -2.70. The second-order valence-corrected chi connectivity index (χ2v) is 9.74. The summed E-state index contributed by atoms with van der Waals surface area (Å²) in [5.74, 6) is -2.25. The molecule has 1 saturated heterocycles. The number of hydrogen-bond acceptors (Lipinski definition) is 9. The predicted molar refractivity (Wildman–Crippen MR) is 126 cm³/mol. The van der Waals surface area contributed by atoms with Crippen molar-refractivity contribution in [1.29, 1.82) is 0 Å². The number of thioether (sulfide) groups is 2. The zero-order chi connectivity index (χ0) is 24.5. The second kappa shape index (κ2) is 9.43. The van der Waals surface area contributed by atoms with E-state index in [2.05, 4.69) is 15.6 Å². The Bertz CT molecular complexity index is 1320. The lowest BCUT2D eigenvalue weighted by Gasteiger charge is -2.49. The first-order valence-electron chi connectivity index (χ1n) is 10.3. The molecule has 3 aromatic rings. The number of carboxylic acid groups (broad SMARTS) is 1. The van der Waals surface area contributed by atoms with Crippen molar-refractivity contribution in [2.24, 2.45) is 5.18 Å². The molecule has 13 heteroatoms. The SMILES string of the molecule is O=NC(C(=O)N[C@@H]1C(=O)N2C(C(=O)O)=C(Sc3ccnn3-c3ccccc3)CS[C@@H]12)c1ccco1. The Morgan fingerprint density at radius 1 is 1.23 bits per heavy atom. The van der Waals surface area contributed by atoms with Crippen molar-refractivity contribution >= 4 is 41.3 Å². The van der Waals surface area contributed by atoms with Gasteiger partial charge in [0.1, 0.15) is 27.9 Å². The number of nitrogens with zero attached hydrogens (tertiary/aromatic N) is 4. The van der Waals surface area contributed by atoms with Gasteiger partial charge in [0, 0.05) is 10.7 Å². The summed E-state index contributed by atoms with van der Waals surface area (Å²) >= 11 is 2.54. The average molecular weight is 512 g/mol. The number of nitroso groups, excluding NO2 is 1. The van der Waals surface area contributed by atoms with Crippen LogP contribution in [-0.2, 0) is 14.4 Å². The molecule has 4 heterocycles. The van der Waals surface area contributed by atoms with Gasteiger partial charge >= 0.3 is 5.97 Å². The Morgan fingerprint density at radius 2 is 2.03 bits per heavy atom. The number of benzene rings is 1. The molecule has 5 rings (SSSR count). The first kappa shape index (κ1) is 22.9. The third-order valence-electron chi connectivity index (χ3n) is 5.44. The highest BCUT2D eigenvalue weighted by molar-refractivity contribution is 8.06. The van der Waals surface area contributed by atoms with Gasteiger partial charge in [-0.25, -0.2) is 9.48 Å². The van der Waals surface area contributed by atoms with Crippen LogP contribution >= 0.6 is 23.5 Å². The van der Waals surface area contributed by atoms with Gasteiger partial charge in [0.15, 0.2) is 0 Å². The van der Waals surface area contributed by atoms with E-state index in [4.69, 9.17) is 4.42 Å². The van der Waals surface area contributed by atoms with Crippen LogP contribution in [0.1, 0.15) is 11.8 Å². The number of rotatable bonds is 8. The van der Waals surface area contributed by atoms with Gasteiger partial charge in [0.2, 0.25) is 6.04 Å². The van der Waals surface area contributed by atoms with Gasteiger partial charge in [-0.1, -0.05) is 30.0 Å². The van der Waals surface area contributed by atoms with E-state index >= 15 is 0 Å². The van der Waals surface area contributed by atoms with Crippen LogP contribution in [0.3, 0.4) is 0 Å². The standard InChI is InChI=1S/C22H17N5O6S2/c28-19(16(25-32)13-7-4-10-33-13)24-17-20(29)26-18(22(30)31)14(11-34-21(17)26)35-15-8-9-23-27(15)12-5-2-1-3-6-12/h1-10,16-17,21H,11H2,(H,24,28)(H,30,31)/t16?,17-,21+/m1/s1. The topological polar surface area (TPSA) is 147 Å². The summed E-state index contributed by atoms with van der Waals surface area (Å²) in [6.07, 6.45) is 2.92. The average Bonchev–Trinajstić information content (AvgIpc) is 3.56. The van der Waals surface area contributed by atoms with Crippen LogP contribution in [0.25, 0.3) is 5.69 Å². The highest BCUT2D eigenvalue weighted by Gasteiger charge is 2.55. The molecule has 1 fully saturated rings. The molecule has 35 heavy (non-hydrogen) atoms. The number of aromatic nitrogens is 2. The molecular formula is C22H17N5O6S2. The number of nitrogens with one attached hydrogen (secondary N) is 1. The minimum Gasteiger partial charge on any atom is -0.477 e. The van der Waals surface area contributed by atoms with Crippen molar-refractivity contribution in [3.05, 3.63) is 82.3 Å². The van der Waals surface area contributed by atoms with Crippen LogP contribution in [0.5, 0.6) is 0 Å². The maximum atomic E-state index is 12.9. The number of carbonyl (C=O) groups excluding carboxylic acids is 2. The van der Waals surface area contributed by atoms with E-state index in [0.29, 0.717) is 15.7 Å². The number of aliphatic carboxylic acids is 1. The second-order valence-electron chi connectivity index (χ2n) is 7.52. The molecule has 1 aromatic carbocycles. The largest absolute Gasteiger partial charge is 0.477 e. The van der Waals surface area contributed by atoms with Crippen molar-refractivity contribution in [3.8, 4) is 5.69 Å². The molecule has 0 saturated carbocycles. The number of carboxylic acids is 1. The van der Waals surface area contributed by atoms with Crippen LogP contribution in [0, 0.1) is 4.91 Å². The Balaban J connectivity index is 1.36. The molecule has 2 amide bonds. The van der Waals surface area contributed by atoms with Crippen LogP contribution < -0.4 is 5.32 Å². The Hall–Kier alpha value is -3.84. The fourth-order valence-electron chi connectivity index (χ4n) is 3.84. The minimum absolute atomic E-state index is 0.0530. The Morgan fingerprint density at radius 3 is 2.71 bits per heavy atom. The van der Waals surface area contributed by atoms with Gasteiger partial charge in [-0.3, -0.25) is 14.5 Å². The zero-order valence-corrected chi connectivity index (χ0v) is 19.4. The smallest absolute Gasteiger partial charge is 0.353 e. The highest BCUT2D eigenvalue weighted by atomic mass is 32.2. The summed E-state index contributed by atoms with van der Waals surface area (Å²) < 4.78 is 6.77. The normalized spacial score (nSPS) is 20.1. The van der Waals surface area contributed by atoms with Crippen molar-refractivity contribution in [3.63, 3.8) is 0 Å². The highest BCUT2D eigenvalue weighted by Crippen LogP contribution is 2.45. The third-order valence-corrected chi connectivity index (χ3v) is 8.00. The molecule has 2 aliphatic heterocycles. The number of para-hydroxylation sites is 1. The van der Waals surface area contributed by atoms with Crippen LogP contribution in [0.2, 0.25) is 0 Å². The molecule has 3 atom stereocenters. The van der Waals surface area contributed by atoms with E-state index in [1.807, 2.05) is 30.3 Å². The van der Waals surface area contributed by atoms with Gasteiger partial charge in [-0.05, 0) is 35.5 Å². The van der Waals surface area contributed by atoms with Crippen molar-refractivity contribution in [1.82, 2.24) is 20.0 Å². The van der Waals surface area contributed by atoms with Crippen LogP contribution in [0.4, 0.5) is 0 Å². The van der Waals surface area contributed by atoms with Gasteiger partial charge in [-0.2, -0.15) is 5.10 Å². The van der Waals surface area contributed by atoms with Gasteiger partial charge < -0.3 is 14.8 Å². The summed E-state index contributed by atoms with van der Waals surface area (Å²) in [5.41, 5.74) is 0.683. The molecule has 0 spiro atoms. The van der Waals surface area contributed by atoms with E-state index in [-0.39, 0.29) is 11.5 Å². The summed E-state index contributed by atoms with van der Waals surface area (Å²) in [6, 6.07) is 11.7. The predicted octanol–water partition coefficient (Wildman–Crippen LogP) is 2.76. The van der Waals surface area contributed by atoms with Crippen LogP contribution in [0.15, 0.2) is 86.2 Å². The summed E-state index contributed by atoms with van der Waals surface area (Å²) in [6.45, 7) is 0. The fraction of sp³-hybridized carbons (Fsp3) is 0.182. The number of amides is 2. The van der Waals surface area contributed by atoms with Gasteiger partial charge in [0.05, 0.1) is 18.1 Å². The first-order chi connectivity index (χ1) is 17.0. The first-order valence-corrected chi connectivity index (χ1v) is 12.2. The Kier molecular flexibility index (Phi) is 6.17. The zero-order valence-electron chi connectivity index (χ0n) is 17.8. The number of hydrogen-bond donors (Lipinski definition) is 2. The van der Waals surface area contributed by atoms with E-state index in [1.165, 1.54) is 46.8 Å². The van der Waals surface area contributed by atoms with Gasteiger partial charge in [-0.15, -0.1) is 16.7 Å². The molecule has 11 nitrogen and oxygen atoms in total. The van der Waals surface area contributed by atoms with E-state index < -0.39 is 35.2 Å². The maximum Gasteiger partial charge on any atom is 0.353 e. The van der Waals surface area contributed by atoms with E-state index in [1.54, 1.807) is 16.9 Å². The molecule has 2 aliphatic rings. The van der Waals surface area contributed by atoms with Crippen molar-refractivity contribution in [2.45, 2.75) is 22.5 Å². The quantitative estimate of drug-likeness (QED) is 0.344. The third kappa shape index (κ3) is 4.12. The van der Waals surface area contributed by atoms with E-state index in [9.17, 15) is 24.4 Å². The lowest BCUT2D eigenvalue weighted by atomic mass is 10.0. The molecule has 0 aliphatic carbocycles. The number of furan rings is 1. The molecule has 178 valence electrons. The van der Waals surface area contributed by atoms with Crippen molar-refractivity contribution < 1.29 is 23.9 Å². The lowest BCUT2D eigenvalue weighted by molar-refractivity contribution is -0.150. The van der Waals surface area contributed by atoms with Crippen molar-refractivity contribution in [2.75, 3.05) is 5.75 Å². The monoisotopic (exact) mass is 511 g/mol. The number of β-lactam (4-membered cyclic amide) rings is 1. The molecular weight excluding hydrogens is 494 g/mol. The maximum absolute atomic E-state index is 12.9.